The summed E-state index contributed by atoms with van der Waals surface area (Å²) in [6.45, 7) is 0.879. The molecule has 0 bridgehead atoms. The molecule has 0 unspecified atom stereocenters. The van der Waals surface area contributed by atoms with E-state index in [0.717, 1.165) is 10.6 Å². The van der Waals surface area contributed by atoms with Crippen molar-refractivity contribution in [2.24, 2.45) is 7.05 Å². The molecule has 2 heterocycles. The van der Waals surface area contributed by atoms with Gasteiger partial charge in [0, 0.05) is 31.9 Å². The predicted molar refractivity (Wildman–Crippen MR) is 79.9 cm³/mol. The number of rotatable bonds is 3. The van der Waals surface area contributed by atoms with E-state index in [9.17, 15) is 26.4 Å². The van der Waals surface area contributed by atoms with Gasteiger partial charge in [-0.05, 0) is 24.8 Å². The van der Waals surface area contributed by atoms with Crippen molar-refractivity contribution < 1.29 is 34.9 Å². The summed E-state index contributed by atoms with van der Waals surface area (Å²) in [6.07, 6.45) is 1.12. The molecular weight excluding hydrogens is 367 g/mol. The second-order valence-corrected chi connectivity index (χ2v) is 7.20. The van der Waals surface area contributed by atoms with Crippen molar-refractivity contribution in [2.45, 2.75) is 24.3 Å². The molecule has 0 spiro atoms. The van der Waals surface area contributed by atoms with E-state index in [1.165, 1.54) is 13.1 Å². The van der Waals surface area contributed by atoms with Crippen molar-refractivity contribution >= 4 is 21.2 Å². The van der Waals surface area contributed by atoms with E-state index < -0.39 is 27.1 Å². The van der Waals surface area contributed by atoms with Gasteiger partial charge in [-0.25, -0.2) is 4.79 Å². The van der Waals surface area contributed by atoms with Crippen molar-refractivity contribution in [1.82, 2.24) is 4.57 Å². The van der Waals surface area contributed by atoms with Crippen LogP contribution in [0.2, 0.25) is 0 Å². The van der Waals surface area contributed by atoms with Crippen LogP contribution < -0.4 is 9.94 Å². The van der Waals surface area contributed by atoms with Gasteiger partial charge in [0.1, 0.15) is 5.75 Å². The number of halogens is 3. The monoisotopic (exact) mass is 381 g/mol. The Bertz CT molecular complexity index is 953. The minimum absolute atomic E-state index is 0.154. The second kappa shape index (κ2) is 6.06. The summed E-state index contributed by atoms with van der Waals surface area (Å²) in [7, 11) is -4.45. The molecular formula is C14H14F3NO6S. The van der Waals surface area contributed by atoms with Crippen LogP contribution in [0, 0.1) is 0 Å². The molecule has 1 aliphatic rings. The molecule has 1 aromatic carbocycles. The number of alkyl halides is 3. The molecule has 11 heteroatoms. The molecule has 0 atom stereocenters. The number of aryl methyl sites for hydroxylation is 1. The zero-order valence-electron chi connectivity index (χ0n) is 13.0. The highest BCUT2D eigenvalue weighted by Gasteiger charge is 2.48. The molecule has 1 aliphatic heterocycles. The fourth-order valence-corrected chi connectivity index (χ4v) is 3.20. The average Bonchev–Trinajstić information content (AvgIpc) is 2.81. The van der Waals surface area contributed by atoms with Gasteiger partial charge in [0.05, 0.1) is 5.52 Å². The molecule has 1 saturated heterocycles. The van der Waals surface area contributed by atoms with Gasteiger partial charge in [0.25, 0.3) is 0 Å². The molecule has 0 radical (unpaired) electrons. The van der Waals surface area contributed by atoms with E-state index in [1.807, 2.05) is 0 Å². The maximum atomic E-state index is 12.6. The zero-order valence-corrected chi connectivity index (χ0v) is 13.8. The highest BCUT2D eigenvalue weighted by Crippen LogP contribution is 2.36. The maximum Gasteiger partial charge on any atom is 0.534 e. The number of nitrogens with zero attached hydrogens (tertiary/aromatic N) is 1. The number of benzene rings is 1. The van der Waals surface area contributed by atoms with Gasteiger partial charge in [-0.3, -0.25) is 4.57 Å². The minimum atomic E-state index is -5.82. The Morgan fingerprint density at radius 1 is 1.24 bits per heavy atom. The summed E-state index contributed by atoms with van der Waals surface area (Å²) >= 11 is 0. The summed E-state index contributed by atoms with van der Waals surface area (Å²) in [5.41, 5.74) is -4.77. The van der Waals surface area contributed by atoms with Crippen molar-refractivity contribution in [1.29, 1.82) is 0 Å². The van der Waals surface area contributed by atoms with E-state index in [1.54, 1.807) is 0 Å². The average molecular weight is 381 g/mol. The molecule has 0 aliphatic carbocycles. The smallest absolute Gasteiger partial charge is 0.407 e. The van der Waals surface area contributed by atoms with E-state index in [4.69, 9.17) is 9.15 Å². The molecule has 7 nitrogen and oxygen atoms in total. The number of aromatic nitrogens is 1. The number of fused-ring (bicyclic) bond motifs is 1. The SMILES string of the molecule is Cn1c(=O)oc2c(C3CCOCC3)cc(OS(=O)(=O)C(F)(F)F)cc21. The molecule has 2 aromatic rings. The van der Waals surface area contributed by atoms with Gasteiger partial charge in [-0.2, -0.15) is 21.6 Å². The fourth-order valence-electron chi connectivity index (χ4n) is 2.76. The van der Waals surface area contributed by atoms with Crippen LogP contribution in [0.4, 0.5) is 13.2 Å². The highest BCUT2D eigenvalue weighted by atomic mass is 32.2. The predicted octanol–water partition coefficient (Wildman–Crippen LogP) is 2.25. The van der Waals surface area contributed by atoms with Gasteiger partial charge in [-0.1, -0.05) is 0 Å². The standard InChI is InChI=1S/C14H14F3NO6S/c1-18-11-7-9(24-25(20,21)14(15,16)17)6-10(12(11)23-13(18)19)8-2-4-22-5-3-8/h6-8H,2-5H2,1H3. The number of hydrogen-bond acceptors (Lipinski definition) is 6. The van der Waals surface area contributed by atoms with Gasteiger partial charge >= 0.3 is 21.4 Å². The lowest BCUT2D eigenvalue weighted by molar-refractivity contribution is -0.0500. The van der Waals surface area contributed by atoms with Crippen LogP contribution in [0.15, 0.2) is 21.3 Å². The largest absolute Gasteiger partial charge is 0.534 e. The lowest BCUT2D eigenvalue weighted by atomic mass is 9.91. The Kier molecular flexibility index (Phi) is 4.31. The third-order valence-corrected chi connectivity index (χ3v) is 5.03. The molecule has 0 N–H and O–H groups in total. The first-order chi connectivity index (χ1) is 11.6. The number of oxazole rings is 1. The lowest BCUT2D eigenvalue weighted by Gasteiger charge is -2.22. The summed E-state index contributed by atoms with van der Waals surface area (Å²) in [4.78, 5) is 11.8. The van der Waals surface area contributed by atoms with Crippen LogP contribution in [0.3, 0.4) is 0 Å². The molecule has 138 valence electrons. The van der Waals surface area contributed by atoms with Crippen LogP contribution in [-0.2, 0) is 21.9 Å². The summed E-state index contributed by atoms with van der Waals surface area (Å²) in [5, 5.41) is 0. The molecule has 1 fully saturated rings. The van der Waals surface area contributed by atoms with Crippen molar-refractivity contribution in [3.8, 4) is 5.75 Å². The molecule has 0 saturated carbocycles. The summed E-state index contributed by atoms with van der Waals surface area (Å²) < 4.78 is 76.0. The van der Waals surface area contributed by atoms with Crippen LogP contribution in [0.5, 0.6) is 5.75 Å². The molecule has 0 amide bonds. The van der Waals surface area contributed by atoms with E-state index in [-0.39, 0.29) is 17.0 Å². The van der Waals surface area contributed by atoms with Crippen LogP contribution in [0.25, 0.3) is 11.1 Å². The Labute approximate surface area is 140 Å². The van der Waals surface area contributed by atoms with Crippen LogP contribution >= 0.6 is 0 Å². The zero-order chi connectivity index (χ0) is 18.4. The van der Waals surface area contributed by atoms with Gasteiger partial charge in [-0.15, -0.1) is 0 Å². The molecule has 3 rings (SSSR count). The van der Waals surface area contributed by atoms with Crippen molar-refractivity contribution in [3.63, 3.8) is 0 Å². The highest BCUT2D eigenvalue weighted by molar-refractivity contribution is 7.88. The lowest BCUT2D eigenvalue weighted by Crippen LogP contribution is -2.28. The van der Waals surface area contributed by atoms with Gasteiger partial charge in [0.2, 0.25) is 0 Å². The Hall–Kier alpha value is -2.01. The molecule has 1 aromatic heterocycles. The Morgan fingerprint density at radius 3 is 2.48 bits per heavy atom. The topological polar surface area (TPSA) is 87.7 Å². The normalized spacial score (nSPS) is 17.1. The van der Waals surface area contributed by atoms with Crippen molar-refractivity contribution in [3.05, 3.63) is 28.2 Å². The van der Waals surface area contributed by atoms with Crippen molar-refractivity contribution in [2.75, 3.05) is 13.2 Å². The number of hydrogen-bond donors (Lipinski definition) is 0. The van der Waals surface area contributed by atoms with E-state index >= 15 is 0 Å². The third kappa shape index (κ3) is 3.25. The second-order valence-electron chi connectivity index (χ2n) is 5.66. The van der Waals surface area contributed by atoms with E-state index in [0.29, 0.717) is 31.6 Å². The van der Waals surface area contributed by atoms with Crippen LogP contribution in [-0.4, -0.2) is 31.7 Å². The van der Waals surface area contributed by atoms with Gasteiger partial charge < -0.3 is 13.3 Å². The maximum absolute atomic E-state index is 12.6. The third-order valence-electron chi connectivity index (χ3n) is 4.05. The first-order valence-electron chi connectivity index (χ1n) is 7.32. The Balaban J connectivity index is 2.14. The first-order valence-corrected chi connectivity index (χ1v) is 8.73. The Morgan fingerprint density at radius 2 is 1.88 bits per heavy atom. The van der Waals surface area contributed by atoms with E-state index in [2.05, 4.69) is 4.18 Å². The quantitative estimate of drug-likeness (QED) is 0.599. The summed E-state index contributed by atoms with van der Waals surface area (Å²) in [5.74, 6) is -1.39. The fraction of sp³-hybridized carbons (Fsp3) is 0.500. The van der Waals surface area contributed by atoms with Crippen LogP contribution in [0.1, 0.15) is 24.3 Å². The number of ether oxygens (including phenoxy) is 1. The first kappa shape index (κ1) is 17.8. The minimum Gasteiger partial charge on any atom is -0.407 e. The molecule has 25 heavy (non-hydrogen) atoms. The van der Waals surface area contributed by atoms with Gasteiger partial charge in [0.15, 0.2) is 5.58 Å². The summed E-state index contributed by atoms with van der Waals surface area (Å²) in [6, 6.07) is 2.21.